The number of hydrogen-bond acceptors (Lipinski definition) is 0. The highest BCUT2D eigenvalue weighted by molar-refractivity contribution is 5.30. The first-order chi connectivity index (χ1) is 5.86. The molecule has 0 amide bonds. The van der Waals surface area contributed by atoms with Crippen molar-refractivity contribution < 1.29 is 0 Å². The van der Waals surface area contributed by atoms with Crippen LogP contribution in [0.15, 0.2) is 11.1 Å². The second-order valence-electron chi connectivity index (χ2n) is 4.97. The lowest BCUT2D eigenvalue weighted by Crippen LogP contribution is -2.00. The van der Waals surface area contributed by atoms with Crippen molar-refractivity contribution in [2.45, 2.75) is 45.4 Å². The fourth-order valence-corrected chi connectivity index (χ4v) is 3.36. The Labute approximate surface area is 75.0 Å². The van der Waals surface area contributed by atoms with Gasteiger partial charge < -0.3 is 0 Å². The Hall–Kier alpha value is -0.260. The maximum absolute atomic E-state index is 2.43. The Balaban J connectivity index is 1.87. The van der Waals surface area contributed by atoms with E-state index in [1.165, 1.54) is 38.5 Å². The molecule has 0 heterocycles. The smallest absolute Gasteiger partial charge is 0.0169 e. The summed E-state index contributed by atoms with van der Waals surface area (Å²) in [7, 11) is 0. The van der Waals surface area contributed by atoms with Crippen LogP contribution in [0.3, 0.4) is 0 Å². The molecule has 66 valence electrons. The van der Waals surface area contributed by atoms with Gasteiger partial charge >= 0.3 is 0 Å². The molecule has 2 unspecified atom stereocenters. The molecule has 12 heavy (non-hydrogen) atoms. The minimum Gasteiger partial charge on any atom is -0.0679 e. The third kappa shape index (κ3) is 0.901. The van der Waals surface area contributed by atoms with Crippen molar-refractivity contribution in [3.05, 3.63) is 11.1 Å². The van der Waals surface area contributed by atoms with E-state index in [0.717, 1.165) is 17.8 Å². The molecule has 3 aliphatic carbocycles. The fourth-order valence-electron chi connectivity index (χ4n) is 3.36. The number of allylic oxidation sites excluding steroid dienone is 2. The van der Waals surface area contributed by atoms with Gasteiger partial charge in [0.25, 0.3) is 0 Å². The SMILES string of the molecule is CC1CCC2=C1CCC2C1CC1. The Morgan fingerprint density at radius 2 is 1.67 bits per heavy atom. The van der Waals surface area contributed by atoms with E-state index in [0.29, 0.717) is 0 Å². The van der Waals surface area contributed by atoms with Crippen LogP contribution in [-0.2, 0) is 0 Å². The summed E-state index contributed by atoms with van der Waals surface area (Å²) in [6.45, 7) is 2.43. The zero-order chi connectivity index (χ0) is 8.13. The summed E-state index contributed by atoms with van der Waals surface area (Å²) in [6.07, 6.45) is 8.97. The molecule has 0 aliphatic heterocycles. The Kier molecular flexibility index (Phi) is 1.42. The van der Waals surface area contributed by atoms with Gasteiger partial charge in [-0.3, -0.25) is 0 Å². The van der Waals surface area contributed by atoms with E-state index in [2.05, 4.69) is 6.92 Å². The first-order valence-electron chi connectivity index (χ1n) is 5.58. The summed E-state index contributed by atoms with van der Waals surface area (Å²) in [5.41, 5.74) is 3.80. The van der Waals surface area contributed by atoms with Crippen LogP contribution in [0.25, 0.3) is 0 Å². The van der Waals surface area contributed by atoms with E-state index >= 15 is 0 Å². The van der Waals surface area contributed by atoms with Crippen molar-refractivity contribution in [2.75, 3.05) is 0 Å². The van der Waals surface area contributed by atoms with Gasteiger partial charge in [-0.2, -0.15) is 0 Å². The van der Waals surface area contributed by atoms with E-state index in [1.807, 2.05) is 11.1 Å². The molecule has 2 atom stereocenters. The summed E-state index contributed by atoms with van der Waals surface area (Å²) in [6, 6.07) is 0. The maximum Gasteiger partial charge on any atom is -0.0169 e. The summed E-state index contributed by atoms with van der Waals surface area (Å²) in [5, 5.41) is 0. The predicted octanol–water partition coefficient (Wildman–Crippen LogP) is 3.53. The summed E-state index contributed by atoms with van der Waals surface area (Å²) >= 11 is 0. The highest BCUT2D eigenvalue weighted by Gasteiger charge is 2.40. The molecule has 1 saturated carbocycles. The zero-order valence-electron chi connectivity index (χ0n) is 7.97. The zero-order valence-corrected chi connectivity index (χ0v) is 7.97. The Bertz CT molecular complexity index is 232. The summed E-state index contributed by atoms with van der Waals surface area (Å²) in [5.74, 6) is 3.14. The average Bonchev–Trinajstić information content (AvgIpc) is 2.71. The van der Waals surface area contributed by atoms with Gasteiger partial charge in [-0.1, -0.05) is 18.1 Å². The highest BCUT2D eigenvalue weighted by atomic mass is 14.5. The van der Waals surface area contributed by atoms with E-state index in [1.54, 1.807) is 0 Å². The van der Waals surface area contributed by atoms with Gasteiger partial charge in [0.15, 0.2) is 0 Å². The monoisotopic (exact) mass is 162 g/mol. The van der Waals surface area contributed by atoms with E-state index in [4.69, 9.17) is 0 Å². The van der Waals surface area contributed by atoms with Gasteiger partial charge in [0.05, 0.1) is 0 Å². The summed E-state index contributed by atoms with van der Waals surface area (Å²) in [4.78, 5) is 0. The predicted molar refractivity (Wildman–Crippen MR) is 50.9 cm³/mol. The van der Waals surface area contributed by atoms with Gasteiger partial charge in [-0.15, -0.1) is 0 Å². The second-order valence-corrected chi connectivity index (χ2v) is 4.97. The molecule has 0 aromatic carbocycles. The van der Waals surface area contributed by atoms with Crippen LogP contribution in [0.5, 0.6) is 0 Å². The van der Waals surface area contributed by atoms with Crippen molar-refractivity contribution in [1.82, 2.24) is 0 Å². The fraction of sp³-hybridized carbons (Fsp3) is 0.833. The molecule has 0 N–H and O–H groups in total. The normalized spacial score (nSPS) is 40.8. The van der Waals surface area contributed by atoms with Crippen LogP contribution in [-0.4, -0.2) is 0 Å². The van der Waals surface area contributed by atoms with Gasteiger partial charge in [-0.05, 0) is 56.3 Å². The molecule has 0 radical (unpaired) electrons. The van der Waals surface area contributed by atoms with Crippen LogP contribution in [0.1, 0.15) is 45.4 Å². The van der Waals surface area contributed by atoms with Gasteiger partial charge in [0, 0.05) is 0 Å². The molecule has 0 saturated heterocycles. The first-order valence-corrected chi connectivity index (χ1v) is 5.58. The number of hydrogen-bond donors (Lipinski definition) is 0. The van der Waals surface area contributed by atoms with Crippen molar-refractivity contribution in [2.24, 2.45) is 17.8 Å². The number of rotatable bonds is 1. The van der Waals surface area contributed by atoms with Crippen molar-refractivity contribution in [3.8, 4) is 0 Å². The Morgan fingerprint density at radius 1 is 0.917 bits per heavy atom. The molecular formula is C12H18. The van der Waals surface area contributed by atoms with Gasteiger partial charge in [0.1, 0.15) is 0 Å². The third-order valence-corrected chi connectivity index (χ3v) is 4.22. The van der Waals surface area contributed by atoms with Crippen molar-refractivity contribution >= 4 is 0 Å². The minimum atomic E-state index is 0.948. The average molecular weight is 162 g/mol. The van der Waals surface area contributed by atoms with E-state index in [9.17, 15) is 0 Å². The minimum absolute atomic E-state index is 0.948. The first kappa shape index (κ1) is 7.17. The van der Waals surface area contributed by atoms with Crippen LogP contribution >= 0.6 is 0 Å². The molecule has 1 fully saturated rings. The Morgan fingerprint density at radius 3 is 2.42 bits per heavy atom. The van der Waals surface area contributed by atoms with E-state index < -0.39 is 0 Å². The standard InChI is InChI=1S/C12H18/c1-8-2-5-12-10(8)6-7-11(12)9-3-4-9/h8-9,11H,2-7H2,1H3. The maximum atomic E-state index is 2.43. The molecule has 3 aliphatic rings. The highest BCUT2D eigenvalue weighted by Crippen LogP contribution is 2.53. The molecule has 0 aromatic heterocycles. The molecule has 3 rings (SSSR count). The van der Waals surface area contributed by atoms with Gasteiger partial charge in [-0.25, -0.2) is 0 Å². The molecule has 0 aromatic rings. The lowest BCUT2D eigenvalue weighted by Gasteiger charge is -2.11. The van der Waals surface area contributed by atoms with Crippen LogP contribution in [0, 0.1) is 17.8 Å². The molecule has 0 spiro atoms. The summed E-state index contributed by atoms with van der Waals surface area (Å²) < 4.78 is 0. The molecule has 0 nitrogen and oxygen atoms in total. The lowest BCUT2D eigenvalue weighted by atomic mass is 9.94. The largest absolute Gasteiger partial charge is 0.0679 e. The van der Waals surface area contributed by atoms with E-state index in [-0.39, 0.29) is 0 Å². The molecule has 0 bridgehead atoms. The topological polar surface area (TPSA) is 0 Å². The van der Waals surface area contributed by atoms with Crippen molar-refractivity contribution in [1.29, 1.82) is 0 Å². The van der Waals surface area contributed by atoms with Crippen LogP contribution < -0.4 is 0 Å². The van der Waals surface area contributed by atoms with Crippen LogP contribution in [0.4, 0.5) is 0 Å². The second kappa shape index (κ2) is 2.37. The molecule has 0 heteroatoms. The molecular weight excluding hydrogens is 144 g/mol. The lowest BCUT2D eigenvalue weighted by molar-refractivity contribution is 0.496. The van der Waals surface area contributed by atoms with Crippen molar-refractivity contribution in [3.63, 3.8) is 0 Å². The van der Waals surface area contributed by atoms with Gasteiger partial charge in [0.2, 0.25) is 0 Å². The third-order valence-electron chi connectivity index (χ3n) is 4.22. The quantitative estimate of drug-likeness (QED) is 0.517. The van der Waals surface area contributed by atoms with Crippen LogP contribution in [0.2, 0.25) is 0 Å².